The monoisotopic (exact) mass is 373 g/mol. The van der Waals surface area contributed by atoms with Crippen molar-refractivity contribution in [3.05, 3.63) is 86.5 Å². The Balaban J connectivity index is 2.14. The first kappa shape index (κ1) is 16.6. The van der Waals surface area contributed by atoms with E-state index in [2.05, 4.69) is 15.9 Å². The Hall–Kier alpha value is -2.73. The van der Waals surface area contributed by atoms with Gasteiger partial charge in [-0.3, -0.25) is 10.1 Å². The molecule has 0 spiro atoms. The van der Waals surface area contributed by atoms with Crippen LogP contribution in [0.15, 0.2) is 65.3 Å². The molecule has 0 fully saturated rings. The molecular weight excluding hydrogens is 362 g/mol. The first-order valence-corrected chi connectivity index (χ1v) is 7.40. The van der Waals surface area contributed by atoms with E-state index in [4.69, 9.17) is 4.74 Å². The van der Waals surface area contributed by atoms with Crippen LogP contribution in [0.3, 0.4) is 0 Å². The third kappa shape index (κ3) is 5.52. The topological polar surface area (TPSA) is 69.4 Å². The van der Waals surface area contributed by atoms with Gasteiger partial charge in [0.2, 0.25) is 6.20 Å². The van der Waals surface area contributed by atoms with Crippen molar-refractivity contribution in [1.82, 2.24) is 0 Å². The second-order valence-electron chi connectivity index (χ2n) is 4.45. The zero-order chi connectivity index (χ0) is 16.7. The number of halogens is 1. The SMILES string of the molecule is O=C(/C=C/c1ccccc1)Oc1ccc(Br)cc1/C=C/[N+](=O)[O-]. The summed E-state index contributed by atoms with van der Waals surface area (Å²) in [5, 5.41) is 10.4. The second kappa shape index (κ2) is 8.05. The minimum Gasteiger partial charge on any atom is -0.423 e. The van der Waals surface area contributed by atoms with Gasteiger partial charge in [0.1, 0.15) is 5.75 Å². The lowest BCUT2D eigenvalue weighted by atomic mass is 10.2. The highest BCUT2D eigenvalue weighted by Crippen LogP contribution is 2.25. The summed E-state index contributed by atoms with van der Waals surface area (Å²) in [6.45, 7) is 0. The van der Waals surface area contributed by atoms with Crippen molar-refractivity contribution >= 4 is 34.1 Å². The Morgan fingerprint density at radius 3 is 2.57 bits per heavy atom. The van der Waals surface area contributed by atoms with Gasteiger partial charge < -0.3 is 4.74 Å². The standard InChI is InChI=1S/C17H12BrNO4/c18-15-7-8-16(14(12-15)10-11-19(21)22)23-17(20)9-6-13-4-2-1-3-5-13/h1-12H/b9-6+,11-10+. The maximum atomic E-state index is 11.9. The number of carbonyl (C=O) groups is 1. The molecule has 2 rings (SSSR count). The van der Waals surface area contributed by atoms with Crippen LogP contribution in [-0.4, -0.2) is 10.9 Å². The maximum absolute atomic E-state index is 11.9. The Bertz CT molecular complexity index is 769. The smallest absolute Gasteiger partial charge is 0.336 e. The highest BCUT2D eigenvalue weighted by atomic mass is 79.9. The van der Waals surface area contributed by atoms with Crippen molar-refractivity contribution in [2.45, 2.75) is 0 Å². The summed E-state index contributed by atoms with van der Waals surface area (Å²) in [7, 11) is 0. The summed E-state index contributed by atoms with van der Waals surface area (Å²) in [4.78, 5) is 21.7. The molecule has 0 heterocycles. The van der Waals surface area contributed by atoms with Crippen LogP contribution in [0.1, 0.15) is 11.1 Å². The van der Waals surface area contributed by atoms with Gasteiger partial charge in [-0.05, 0) is 29.8 Å². The molecule has 2 aromatic carbocycles. The number of benzene rings is 2. The lowest BCUT2D eigenvalue weighted by Crippen LogP contribution is -2.05. The van der Waals surface area contributed by atoms with E-state index in [1.165, 1.54) is 12.2 Å². The highest BCUT2D eigenvalue weighted by molar-refractivity contribution is 9.10. The Morgan fingerprint density at radius 1 is 1.13 bits per heavy atom. The first-order valence-electron chi connectivity index (χ1n) is 6.61. The largest absolute Gasteiger partial charge is 0.423 e. The van der Waals surface area contributed by atoms with Crippen LogP contribution in [0.25, 0.3) is 12.2 Å². The normalized spacial score (nSPS) is 11.0. The fraction of sp³-hybridized carbons (Fsp3) is 0. The zero-order valence-corrected chi connectivity index (χ0v) is 13.5. The number of ether oxygens (including phenoxy) is 1. The van der Waals surface area contributed by atoms with Crippen LogP contribution in [0.2, 0.25) is 0 Å². The molecule has 0 aliphatic carbocycles. The number of nitro groups is 1. The molecule has 5 nitrogen and oxygen atoms in total. The number of esters is 1. The summed E-state index contributed by atoms with van der Waals surface area (Å²) >= 11 is 3.27. The second-order valence-corrected chi connectivity index (χ2v) is 5.36. The molecule has 2 aromatic rings. The average Bonchev–Trinajstić information content (AvgIpc) is 2.54. The molecule has 0 aliphatic rings. The molecule has 116 valence electrons. The fourth-order valence-electron chi connectivity index (χ4n) is 1.75. The lowest BCUT2D eigenvalue weighted by molar-refractivity contribution is -0.400. The predicted molar refractivity (Wildman–Crippen MR) is 91.3 cm³/mol. The molecule has 0 radical (unpaired) electrons. The van der Waals surface area contributed by atoms with Crippen LogP contribution in [-0.2, 0) is 4.79 Å². The lowest BCUT2D eigenvalue weighted by Gasteiger charge is -2.05. The van der Waals surface area contributed by atoms with Crippen molar-refractivity contribution in [1.29, 1.82) is 0 Å². The van der Waals surface area contributed by atoms with Crippen molar-refractivity contribution in [2.24, 2.45) is 0 Å². The van der Waals surface area contributed by atoms with Gasteiger partial charge in [0.05, 0.1) is 4.92 Å². The van der Waals surface area contributed by atoms with E-state index in [-0.39, 0.29) is 5.75 Å². The van der Waals surface area contributed by atoms with Crippen molar-refractivity contribution in [3.8, 4) is 5.75 Å². The molecule has 0 aromatic heterocycles. The van der Waals surface area contributed by atoms with Crippen LogP contribution >= 0.6 is 15.9 Å². The average molecular weight is 374 g/mol. The number of hydrogen-bond donors (Lipinski definition) is 0. The van der Waals surface area contributed by atoms with Crippen LogP contribution in [0, 0.1) is 10.1 Å². The Labute approximate surface area is 141 Å². The zero-order valence-electron chi connectivity index (χ0n) is 11.9. The number of hydrogen-bond acceptors (Lipinski definition) is 4. The van der Waals surface area contributed by atoms with Gasteiger partial charge in [-0.15, -0.1) is 0 Å². The van der Waals surface area contributed by atoms with Crippen molar-refractivity contribution in [3.63, 3.8) is 0 Å². The van der Waals surface area contributed by atoms with Gasteiger partial charge in [0.15, 0.2) is 0 Å². The number of rotatable bonds is 5. The van der Waals surface area contributed by atoms with Gasteiger partial charge >= 0.3 is 5.97 Å². The molecule has 0 aliphatic heterocycles. The summed E-state index contributed by atoms with van der Waals surface area (Å²) in [6.07, 6.45) is 5.00. The molecule has 0 N–H and O–H groups in total. The summed E-state index contributed by atoms with van der Waals surface area (Å²) < 4.78 is 5.96. The summed E-state index contributed by atoms with van der Waals surface area (Å²) in [5.41, 5.74) is 1.30. The maximum Gasteiger partial charge on any atom is 0.336 e. The first-order chi connectivity index (χ1) is 11.0. The molecule has 23 heavy (non-hydrogen) atoms. The molecule has 0 unspecified atom stereocenters. The summed E-state index contributed by atoms with van der Waals surface area (Å²) in [6, 6.07) is 14.2. The number of nitrogens with zero attached hydrogens (tertiary/aromatic N) is 1. The van der Waals surface area contributed by atoms with Gasteiger partial charge in [-0.2, -0.15) is 0 Å². The van der Waals surface area contributed by atoms with Gasteiger partial charge in [-0.25, -0.2) is 4.79 Å². The van der Waals surface area contributed by atoms with E-state index in [1.807, 2.05) is 30.3 Å². The van der Waals surface area contributed by atoms with Gasteiger partial charge in [0, 0.05) is 22.2 Å². The van der Waals surface area contributed by atoms with Crippen molar-refractivity contribution < 1.29 is 14.5 Å². The highest BCUT2D eigenvalue weighted by Gasteiger charge is 2.07. The minimum absolute atomic E-state index is 0.244. The third-order valence-corrected chi connectivity index (χ3v) is 3.26. The molecule has 6 heteroatoms. The number of carbonyl (C=O) groups excluding carboxylic acids is 1. The van der Waals surface area contributed by atoms with E-state index in [0.717, 1.165) is 16.2 Å². The van der Waals surface area contributed by atoms with Crippen molar-refractivity contribution in [2.75, 3.05) is 0 Å². The fourth-order valence-corrected chi connectivity index (χ4v) is 2.13. The quantitative estimate of drug-likeness (QED) is 0.257. The molecule has 0 saturated heterocycles. The third-order valence-electron chi connectivity index (χ3n) is 2.77. The van der Waals surface area contributed by atoms with E-state index in [1.54, 1.807) is 24.3 Å². The Kier molecular flexibility index (Phi) is 5.82. The molecule has 0 atom stereocenters. The van der Waals surface area contributed by atoms with Crippen LogP contribution < -0.4 is 4.74 Å². The van der Waals surface area contributed by atoms with E-state index in [9.17, 15) is 14.9 Å². The predicted octanol–water partition coefficient (Wildman–Crippen LogP) is 4.32. The molecule has 0 bridgehead atoms. The Morgan fingerprint density at radius 2 is 1.87 bits per heavy atom. The van der Waals surface area contributed by atoms with E-state index < -0.39 is 10.9 Å². The summed E-state index contributed by atoms with van der Waals surface area (Å²) in [5.74, 6) is -0.319. The van der Waals surface area contributed by atoms with Crippen LogP contribution in [0.4, 0.5) is 0 Å². The van der Waals surface area contributed by atoms with Crippen LogP contribution in [0.5, 0.6) is 5.75 Å². The minimum atomic E-state index is -0.582. The van der Waals surface area contributed by atoms with Gasteiger partial charge in [-0.1, -0.05) is 46.3 Å². The van der Waals surface area contributed by atoms with E-state index >= 15 is 0 Å². The van der Waals surface area contributed by atoms with Gasteiger partial charge in [0.25, 0.3) is 0 Å². The molecule has 0 amide bonds. The van der Waals surface area contributed by atoms with E-state index in [0.29, 0.717) is 5.56 Å². The molecule has 0 saturated carbocycles. The molecular formula is C17H12BrNO4.